The number of halogens is 2. The third kappa shape index (κ3) is 5.11. The fourth-order valence-corrected chi connectivity index (χ4v) is 5.34. The first-order valence-corrected chi connectivity index (χ1v) is 13.2. The van der Waals surface area contributed by atoms with E-state index >= 15 is 8.78 Å². The molecule has 0 amide bonds. The number of aromatic amines is 1. The Kier molecular flexibility index (Phi) is 6.69. The maximum Gasteiger partial charge on any atom is 0.530 e. The summed E-state index contributed by atoms with van der Waals surface area (Å²) in [5.74, 6) is -4.07. The van der Waals surface area contributed by atoms with Crippen molar-refractivity contribution in [3.63, 3.8) is 0 Å². The molecule has 1 unspecified atom stereocenters. The summed E-state index contributed by atoms with van der Waals surface area (Å²) in [6.45, 7) is 9.10. The number of nitrogens with zero attached hydrogens (tertiary/aromatic N) is 1. The van der Waals surface area contributed by atoms with Gasteiger partial charge in [-0.3, -0.25) is 23.4 Å². The molecule has 11 nitrogen and oxygen atoms in total. The maximum atomic E-state index is 15.7. The summed E-state index contributed by atoms with van der Waals surface area (Å²) >= 11 is 0. The van der Waals surface area contributed by atoms with E-state index in [4.69, 9.17) is 19.7 Å². The van der Waals surface area contributed by atoms with E-state index < -0.39 is 73.2 Å². The molecule has 0 radical (unpaired) electrons. The van der Waals surface area contributed by atoms with Gasteiger partial charge in [0.05, 0.1) is 13.5 Å². The van der Waals surface area contributed by atoms with Crippen LogP contribution in [0.3, 0.4) is 0 Å². The normalized spacial score (nSPS) is 32.0. The number of aliphatic hydroxyl groups is 2. The summed E-state index contributed by atoms with van der Waals surface area (Å²) in [6.07, 6.45) is -6.96. The monoisotopic (exact) mass is 561 g/mol. The highest BCUT2D eigenvalue weighted by molar-refractivity contribution is 7.49. The largest absolute Gasteiger partial charge is 0.530 e. The van der Waals surface area contributed by atoms with Crippen LogP contribution >= 0.6 is 7.82 Å². The van der Waals surface area contributed by atoms with Crippen LogP contribution in [0.5, 0.6) is 5.75 Å². The van der Waals surface area contributed by atoms with E-state index in [9.17, 15) is 24.4 Å². The molecule has 1 aromatic carbocycles. The number of phosphoric acid groups is 1. The van der Waals surface area contributed by atoms with Crippen molar-refractivity contribution in [2.45, 2.75) is 83.2 Å². The van der Waals surface area contributed by atoms with Crippen molar-refractivity contribution in [2.75, 3.05) is 6.61 Å². The van der Waals surface area contributed by atoms with Crippen LogP contribution in [0.2, 0.25) is 0 Å². The Morgan fingerprint density at radius 1 is 1.24 bits per heavy atom. The second-order valence-electron chi connectivity index (χ2n) is 11.3. The molecule has 1 fully saturated rings. The van der Waals surface area contributed by atoms with E-state index in [1.807, 2.05) is 46.5 Å². The highest BCUT2D eigenvalue weighted by Gasteiger charge is 2.58. The number of H-pyrrole nitrogens is 1. The van der Waals surface area contributed by atoms with Crippen LogP contribution in [0.1, 0.15) is 65.8 Å². The summed E-state index contributed by atoms with van der Waals surface area (Å²) in [4.78, 5) is 25.3. The summed E-state index contributed by atoms with van der Waals surface area (Å²) in [6, 6.07) is 2.43. The predicted octanol–water partition coefficient (Wildman–Crippen LogP) is 2.92. The van der Waals surface area contributed by atoms with Gasteiger partial charge in [0.15, 0.2) is 6.20 Å². The van der Waals surface area contributed by atoms with Crippen molar-refractivity contribution < 1.29 is 43.2 Å². The molecular formula is C24H31F2N2O9P. The van der Waals surface area contributed by atoms with Crippen molar-refractivity contribution in [2.24, 2.45) is 0 Å². The number of phosphoric ester groups is 1. The molecule has 4 rings (SSSR count). The SMILES string of the molecule is [2H][C@@]1(n2ccc(=O)[nH]c2=O)O[C@](F)(COP2(=O)OCc3c(F)c(C(C)(C)C)cc(C(C)(C)C)c3O2)[C@@H](O)[C@H]1O. The first-order chi connectivity index (χ1) is 17.7. The first kappa shape index (κ1) is 27.2. The topological polar surface area (TPSA) is 149 Å². The Bertz CT molecular complexity index is 1470. The van der Waals surface area contributed by atoms with E-state index in [1.165, 1.54) is 0 Å². The molecule has 5 atom stereocenters. The van der Waals surface area contributed by atoms with Crippen LogP contribution in [0.15, 0.2) is 27.9 Å². The van der Waals surface area contributed by atoms with Crippen LogP contribution in [0, 0.1) is 5.82 Å². The average Bonchev–Trinajstić information content (AvgIpc) is 2.97. The molecule has 2 aliphatic rings. The van der Waals surface area contributed by atoms with Crippen molar-refractivity contribution >= 4 is 7.82 Å². The minimum atomic E-state index is -4.65. The van der Waals surface area contributed by atoms with Gasteiger partial charge in [-0.05, 0) is 22.5 Å². The van der Waals surface area contributed by atoms with Crippen molar-refractivity contribution in [1.29, 1.82) is 0 Å². The highest BCUT2D eigenvalue weighted by Crippen LogP contribution is 2.58. The standard InChI is InChI=1S/C24H31F2N2O9P/c1-22(2,3)13-9-14(23(4,5)6)18-12(16(13)25)10-34-38(33,37-18)35-11-24(26)19(31)17(30)20(36-24)28-8-7-15(29)27-21(28)32/h7-9,17,19-20,30-31H,10-11H2,1-6H3,(H,27,29,32)/t17-,19+,20-,24-,38?/m1/s1/i20D. The number of benzene rings is 1. The molecule has 0 aliphatic carbocycles. The second-order valence-corrected chi connectivity index (χ2v) is 12.9. The van der Waals surface area contributed by atoms with Gasteiger partial charge in [-0.15, -0.1) is 0 Å². The minimum Gasteiger partial charge on any atom is -0.403 e. The van der Waals surface area contributed by atoms with Crippen LogP contribution in [0.4, 0.5) is 8.78 Å². The molecule has 3 heterocycles. The second kappa shape index (κ2) is 9.35. The van der Waals surface area contributed by atoms with Gasteiger partial charge in [-0.25, -0.2) is 18.1 Å². The molecule has 2 aliphatic heterocycles. The smallest absolute Gasteiger partial charge is 0.403 e. The van der Waals surface area contributed by atoms with Gasteiger partial charge in [0.1, 0.15) is 30.4 Å². The molecule has 0 saturated carbocycles. The van der Waals surface area contributed by atoms with E-state index in [1.54, 1.807) is 6.07 Å². The number of aliphatic hydroxyl groups excluding tert-OH is 2. The highest BCUT2D eigenvalue weighted by atomic mass is 31.2. The molecule has 1 saturated heterocycles. The summed E-state index contributed by atoms with van der Waals surface area (Å²) < 4.78 is 74.0. The van der Waals surface area contributed by atoms with Gasteiger partial charge in [0.2, 0.25) is 0 Å². The number of hydrogen-bond donors (Lipinski definition) is 3. The van der Waals surface area contributed by atoms with Crippen LogP contribution in [0.25, 0.3) is 0 Å². The van der Waals surface area contributed by atoms with Gasteiger partial charge in [-0.2, -0.15) is 0 Å². The molecular weight excluding hydrogens is 529 g/mol. The molecule has 1 aromatic heterocycles. The van der Waals surface area contributed by atoms with Crippen molar-refractivity contribution in [3.05, 3.63) is 61.7 Å². The number of ether oxygens (including phenoxy) is 1. The Labute approximate surface area is 218 Å². The van der Waals surface area contributed by atoms with Crippen molar-refractivity contribution in [3.8, 4) is 5.75 Å². The lowest BCUT2D eigenvalue weighted by molar-refractivity contribution is -0.205. The summed E-state index contributed by atoms with van der Waals surface area (Å²) in [5.41, 5.74) is -2.33. The van der Waals surface area contributed by atoms with Gasteiger partial charge in [0.25, 0.3) is 11.4 Å². The number of nitrogens with one attached hydrogen (secondary N) is 1. The molecule has 2 aromatic rings. The summed E-state index contributed by atoms with van der Waals surface area (Å²) in [7, 11) is -4.65. The van der Waals surface area contributed by atoms with Crippen molar-refractivity contribution in [1.82, 2.24) is 9.55 Å². The Balaban J connectivity index is 1.64. The zero-order chi connectivity index (χ0) is 29.3. The fourth-order valence-electron chi connectivity index (χ4n) is 4.11. The third-order valence-electron chi connectivity index (χ3n) is 6.24. The number of hydrogen-bond acceptors (Lipinski definition) is 9. The predicted molar refractivity (Wildman–Crippen MR) is 130 cm³/mol. The Morgan fingerprint density at radius 3 is 2.45 bits per heavy atom. The number of fused-ring (bicyclic) bond motifs is 1. The van der Waals surface area contributed by atoms with Crippen LogP contribution < -0.4 is 15.8 Å². The van der Waals surface area contributed by atoms with Gasteiger partial charge in [-0.1, -0.05) is 41.5 Å². The fraction of sp³-hybridized carbons (Fsp3) is 0.583. The molecule has 0 bridgehead atoms. The molecule has 3 N–H and O–H groups in total. The molecule has 0 spiro atoms. The first-order valence-electron chi connectivity index (χ1n) is 12.2. The van der Waals surface area contributed by atoms with E-state index in [0.717, 1.165) is 12.3 Å². The number of alkyl halides is 1. The molecule has 38 heavy (non-hydrogen) atoms. The van der Waals surface area contributed by atoms with Gasteiger partial charge >= 0.3 is 13.5 Å². The van der Waals surface area contributed by atoms with Crippen LogP contribution in [-0.2, 0) is 35.8 Å². The molecule has 14 heteroatoms. The lowest BCUT2D eigenvalue weighted by Crippen LogP contribution is -2.43. The minimum absolute atomic E-state index is 0.00702. The van der Waals surface area contributed by atoms with E-state index in [2.05, 4.69) is 0 Å². The van der Waals surface area contributed by atoms with E-state index in [-0.39, 0.29) is 11.3 Å². The number of aromatic nitrogens is 2. The Morgan fingerprint density at radius 2 is 1.87 bits per heavy atom. The Hall–Kier alpha value is -2.41. The number of rotatable bonds is 4. The lowest BCUT2D eigenvalue weighted by atomic mass is 9.78. The van der Waals surface area contributed by atoms with E-state index in [0.29, 0.717) is 15.7 Å². The quantitative estimate of drug-likeness (QED) is 0.479. The average molecular weight is 561 g/mol. The third-order valence-corrected chi connectivity index (χ3v) is 7.54. The van der Waals surface area contributed by atoms with Crippen LogP contribution in [-0.4, -0.2) is 44.4 Å². The lowest BCUT2D eigenvalue weighted by Gasteiger charge is -2.34. The molecule has 210 valence electrons. The maximum absolute atomic E-state index is 15.7. The van der Waals surface area contributed by atoms with Gasteiger partial charge < -0.3 is 19.5 Å². The zero-order valence-electron chi connectivity index (χ0n) is 22.7. The van der Waals surface area contributed by atoms with Gasteiger partial charge in [0, 0.05) is 17.8 Å². The zero-order valence-corrected chi connectivity index (χ0v) is 22.6. The summed E-state index contributed by atoms with van der Waals surface area (Å²) in [5, 5.41) is 20.8.